The fraction of sp³-hybridized carbons (Fsp3) is 0.278. The van der Waals surface area contributed by atoms with Crippen molar-refractivity contribution in [1.29, 1.82) is 0 Å². The summed E-state index contributed by atoms with van der Waals surface area (Å²) in [7, 11) is 3.96. The van der Waals surface area contributed by atoms with Crippen molar-refractivity contribution in [1.82, 2.24) is 0 Å². The summed E-state index contributed by atoms with van der Waals surface area (Å²) in [5.74, 6) is -0.0737. The fourth-order valence-electron chi connectivity index (χ4n) is 2.47. The molecule has 0 saturated heterocycles. The van der Waals surface area contributed by atoms with Gasteiger partial charge in [-0.25, -0.2) is 0 Å². The second-order valence-corrected chi connectivity index (χ2v) is 5.67. The first-order valence-electron chi connectivity index (χ1n) is 7.05. The molecular weight excluding hydrogens is 260 g/mol. The van der Waals surface area contributed by atoms with Crippen LogP contribution >= 0.6 is 0 Å². The quantitative estimate of drug-likeness (QED) is 0.925. The molecule has 0 aromatic heterocycles. The van der Waals surface area contributed by atoms with Crippen LogP contribution in [-0.4, -0.2) is 20.0 Å². The maximum absolute atomic E-state index is 12.4. The van der Waals surface area contributed by atoms with Gasteiger partial charge in [0.25, 0.3) is 5.91 Å². The van der Waals surface area contributed by atoms with Crippen LogP contribution in [0.2, 0.25) is 0 Å². The van der Waals surface area contributed by atoms with Gasteiger partial charge in [-0.1, -0.05) is 17.7 Å². The van der Waals surface area contributed by atoms with Crippen molar-refractivity contribution in [3.63, 3.8) is 0 Å². The predicted octanol–water partition coefficient (Wildman–Crippen LogP) is 3.93. The van der Waals surface area contributed by atoms with Crippen molar-refractivity contribution in [3.8, 4) is 0 Å². The van der Waals surface area contributed by atoms with Gasteiger partial charge in [-0.05, 0) is 56.2 Å². The molecule has 0 saturated carbocycles. The molecule has 3 nitrogen and oxygen atoms in total. The minimum atomic E-state index is -0.0737. The highest BCUT2D eigenvalue weighted by atomic mass is 16.1. The topological polar surface area (TPSA) is 32.3 Å². The van der Waals surface area contributed by atoms with Gasteiger partial charge in [0.05, 0.1) is 0 Å². The van der Waals surface area contributed by atoms with E-state index < -0.39 is 0 Å². The van der Waals surface area contributed by atoms with Crippen molar-refractivity contribution >= 4 is 17.3 Å². The van der Waals surface area contributed by atoms with E-state index in [1.807, 2.05) is 57.1 Å². The van der Waals surface area contributed by atoms with Gasteiger partial charge >= 0.3 is 0 Å². The second-order valence-electron chi connectivity index (χ2n) is 5.67. The first-order valence-corrected chi connectivity index (χ1v) is 7.05. The van der Waals surface area contributed by atoms with Crippen LogP contribution in [0, 0.1) is 20.8 Å². The molecule has 0 unspecified atom stereocenters. The average molecular weight is 282 g/mol. The normalized spacial score (nSPS) is 10.3. The zero-order valence-electron chi connectivity index (χ0n) is 13.3. The zero-order valence-corrected chi connectivity index (χ0v) is 13.3. The number of anilines is 2. The molecule has 0 fully saturated rings. The van der Waals surface area contributed by atoms with Crippen LogP contribution in [-0.2, 0) is 0 Å². The third-order valence-corrected chi connectivity index (χ3v) is 3.56. The molecule has 2 aromatic rings. The van der Waals surface area contributed by atoms with Gasteiger partial charge in [0.1, 0.15) is 0 Å². The van der Waals surface area contributed by atoms with E-state index in [1.165, 1.54) is 5.56 Å². The van der Waals surface area contributed by atoms with Crippen LogP contribution in [0.25, 0.3) is 0 Å². The molecule has 110 valence electrons. The van der Waals surface area contributed by atoms with E-state index in [0.29, 0.717) is 5.56 Å². The largest absolute Gasteiger partial charge is 0.378 e. The van der Waals surface area contributed by atoms with Crippen molar-refractivity contribution in [2.45, 2.75) is 20.8 Å². The predicted molar refractivity (Wildman–Crippen MR) is 89.4 cm³/mol. The van der Waals surface area contributed by atoms with Crippen LogP contribution in [0.5, 0.6) is 0 Å². The Labute approximate surface area is 126 Å². The molecular formula is C18H22N2O. The highest BCUT2D eigenvalue weighted by Crippen LogP contribution is 2.23. The Morgan fingerprint density at radius 2 is 1.48 bits per heavy atom. The number of carbonyl (C=O) groups excluding carboxylic acids is 1. The van der Waals surface area contributed by atoms with E-state index in [9.17, 15) is 4.79 Å². The number of hydrogen-bond donors (Lipinski definition) is 1. The first kappa shape index (κ1) is 15.1. The van der Waals surface area contributed by atoms with Crippen LogP contribution in [0.3, 0.4) is 0 Å². The highest BCUT2D eigenvalue weighted by Gasteiger charge is 2.10. The molecule has 0 aliphatic carbocycles. The van der Waals surface area contributed by atoms with E-state index in [4.69, 9.17) is 0 Å². The molecule has 0 atom stereocenters. The summed E-state index contributed by atoms with van der Waals surface area (Å²) >= 11 is 0. The Morgan fingerprint density at radius 1 is 0.952 bits per heavy atom. The van der Waals surface area contributed by atoms with Crippen LogP contribution < -0.4 is 10.2 Å². The third-order valence-electron chi connectivity index (χ3n) is 3.56. The van der Waals surface area contributed by atoms with Gasteiger partial charge in [0.2, 0.25) is 0 Å². The lowest BCUT2D eigenvalue weighted by Gasteiger charge is -2.14. The number of hydrogen-bond acceptors (Lipinski definition) is 2. The summed E-state index contributed by atoms with van der Waals surface area (Å²) in [6.07, 6.45) is 0. The lowest BCUT2D eigenvalue weighted by Crippen LogP contribution is -2.14. The number of aryl methyl sites for hydroxylation is 3. The summed E-state index contributed by atoms with van der Waals surface area (Å²) in [5, 5.41) is 3.02. The standard InChI is InChI=1S/C18H22N2O/c1-12-10-13(2)17(14(3)11-12)19-18(21)15-6-8-16(9-7-15)20(4)5/h6-11H,1-5H3,(H,19,21). The molecule has 2 rings (SSSR count). The van der Waals surface area contributed by atoms with Gasteiger partial charge in [-0.3, -0.25) is 4.79 Å². The molecule has 3 heteroatoms. The molecule has 0 spiro atoms. The summed E-state index contributed by atoms with van der Waals surface area (Å²) in [5.41, 5.74) is 6.03. The van der Waals surface area contributed by atoms with E-state index in [-0.39, 0.29) is 5.91 Å². The van der Waals surface area contributed by atoms with Crippen LogP contribution in [0.15, 0.2) is 36.4 Å². The number of nitrogens with zero attached hydrogens (tertiary/aromatic N) is 1. The number of rotatable bonds is 3. The van der Waals surface area contributed by atoms with Crippen molar-refractivity contribution in [2.75, 3.05) is 24.3 Å². The summed E-state index contributed by atoms with van der Waals surface area (Å²) in [6.45, 7) is 6.10. The van der Waals surface area contributed by atoms with Crippen molar-refractivity contribution in [2.24, 2.45) is 0 Å². The molecule has 0 bridgehead atoms. The van der Waals surface area contributed by atoms with E-state index in [2.05, 4.69) is 24.4 Å². The monoisotopic (exact) mass is 282 g/mol. The average Bonchev–Trinajstić information content (AvgIpc) is 2.42. The lowest BCUT2D eigenvalue weighted by atomic mass is 10.0. The minimum absolute atomic E-state index is 0.0737. The Morgan fingerprint density at radius 3 is 1.95 bits per heavy atom. The molecule has 1 amide bonds. The highest BCUT2D eigenvalue weighted by molar-refractivity contribution is 6.05. The van der Waals surface area contributed by atoms with Gasteiger partial charge < -0.3 is 10.2 Å². The fourth-order valence-corrected chi connectivity index (χ4v) is 2.47. The maximum atomic E-state index is 12.4. The SMILES string of the molecule is Cc1cc(C)c(NC(=O)c2ccc(N(C)C)cc2)c(C)c1. The van der Waals surface area contributed by atoms with Crippen molar-refractivity contribution < 1.29 is 4.79 Å². The smallest absolute Gasteiger partial charge is 0.255 e. The van der Waals surface area contributed by atoms with Gasteiger partial charge in [0.15, 0.2) is 0 Å². The van der Waals surface area contributed by atoms with E-state index in [1.54, 1.807) is 0 Å². The molecule has 2 aromatic carbocycles. The number of nitrogens with one attached hydrogen (secondary N) is 1. The van der Waals surface area contributed by atoms with Crippen molar-refractivity contribution in [3.05, 3.63) is 58.7 Å². The Hall–Kier alpha value is -2.29. The molecule has 21 heavy (non-hydrogen) atoms. The number of carbonyl (C=O) groups is 1. The van der Waals surface area contributed by atoms with Gasteiger partial charge in [0, 0.05) is 31.0 Å². The summed E-state index contributed by atoms with van der Waals surface area (Å²) in [6, 6.07) is 11.8. The number of benzene rings is 2. The van der Waals surface area contributed by atoms with E-state index in [0.717, 1.165) is 22.5 Å². The zero-order chi connectivity index (χ0) is 15.6. The molecule has 0 aliphatic heterocycles. The Kier molecular flexibility index (Phi) is 4.32. The first-order chi connectivity index (χ1) is 9.88. The van der Waals surface area contributed by atoms with Crippen LogP contribution in [0.4, 0.5) is 11.4 Å². The van der Waals surface area contributed by atoms with E-state index >= 15 is 0 Å². The molecule has 1 N–H and O–H groups in total. The molecule has 0 radical (unpaired) electrons. The summed E-state index contributed by atoms with van der Waals surface area (Å²) in [4.78, 5) is 14.4. The number of amides is 1. The van der Waals surface area contributed by atoms with Crippen LogP contribution in [0.1, 0.15) is 27.0 Å². The molecule has 0 aliphatic rings. The molecule has 0 heterocycles. The lowest BCUT2D eigenvalue weighted by molar-refractivity contribution is 0.102. The third kappa shape index (κ3) is 3.43. The minimum Gasteiger partial charge on any atom is -0.378 e. The van der Waals surface area contributed by atoms with Gasteiger partial charge in [-0.15, -0.1) is 0 Å². The second kappa shape index (κ2) is 6.00. The summed E-state index contributed by atoms with van der Waals surface area (Å²) < 4.78 is 0. The Bertz CT molecular complexity index is 634. The Balaban J connectivity index is 2.22. The maximum Gasteiger partial charge on any atom is 0.255 e. The van der Waals surface area contributed by atoms with Gasteiger partial charge in [-0.2, -0.15) is 0 Å².